The van der Waals surface area contributed by atoms with E-state index in [2.05, 4.69) is 11.4 Å². The molecule has 0 aromatic heterocycles. The summed E-state index contributed by atoms with van der Waals surface area (Å²) in [6.07, 6.45) is 0. The molecule has 0 radical (unpaired) electrons. The quantitative estimate of drug-likeness (QED) is 0.715. The van der Waals surface area contributed by atoms with Gasteiger partial charge in [-0.25, -0.2) is 0 Å². The molecule has 0 aliphatic heterocycles. The predicted octanol–water partition coefficient (Wildman–Crippen LogP) is 4.25. The van der Waals surface area contributed by atoms with Gasteiger partial charge in [-0.15, -0.1) is 0 Å². The van der Waals surface area contributed by atoms with E-state index in [1.165, 1.54) is 0 Å². The molecular weight excluding hydrogens is 340 g/mol. The fourth-order valence-corrected chi connectivity index (χ4v) is 2.50. The molecular formula is C22H18N2O3. The maximum absolute atomic E-state index is 12.0. The average molecular weight is 358 g/mol. The molecule has 0 aliphatic rings. The molecule has 1 N–H and O–H groups in total. The molecule has 5 nitrogen and oxygen atoms in total. The second-order valence-corrected chi connectivity index (χ2v) is 5.78. The van der Waals surface area contributed by atoms with Gasteiger partial charge in [0.05, 0.1) is 18.7 Å². The van der Waals surface area contributed by atoms with Crippen LogP contribution >= 0.6 is 0 Å². The summed E-state index contributed by atoms with van der Waals surface area (Å²) in [5.74, 6) is 1.10. The Morgan fingerprint density at radius 2 is 1.44 bits per heavy atom. The zero-order chi connectivity index (χ0) is 19.1. The van der Waals surface area contributed by atoms with E-state index < -0.39 is 0 Å². The molecule has 0 saturated heterocycles. The van der Waals surface area contributed by atoms with Gasteiger partial charge in [0.15, 0.2) is 6.61 Å². The van der Waals surface area contributed by atoms with Gasteiger partial charge < -0.3 is 14.8 Å². The third kappa shape index (κ3) is 4.86. The van der Waals surface area contributed by atoms with E-state index in [0.29, 0.717) is 17.0 Å². The Kier molecular flexibility index (Phi) is 5.70. The van der Waals surface area contributed by atoms with E-state index >= 15 is 0 Å². The molecule has 0 aliphatic carbocycles. The number of nitrogens with zero attached hydrogens (tertiary/aromatic N) is 1. The first-order chi connectivity index (χ1) is 13.2. The molecule has 1 amide bonds. The van der Waals surface area contributed by atoms with Crippen LogP contribution in [0, 0.1) is 11.3 Å². The normalized spacial score (nSPS) is 9.93. The molecule has 0 unspecified atom stereocenters. The van der Waals surface area contributed by atoms with Crippen LogP contribution in [-0.4, -0.2) is 19.6 Å². The molecule has 0 atom stereocenters. The molecule has 3 aromatic rings. The van der Waals surface area contributed by atoms with Crippen LogP contribution in [0.5, 0.6) is 11.5 Å². The second-order valence-electron chi connectivity index (χ2n) is 5.78. The molecule has 0 spiro atoms. The van der Waals surface area contributed by atoms with Gasteiger partial charge in [0.25, 0.3) is 5.91 Å². The van der Waals surface area contributed by atoms with Crippen LogP contribution in [0.25, 0.3) is 11.1 Å². The zero-order valence-corrected chi connectivity index (χ0v) is 14.8. The Bertz CT molecular complexity index is 941. The highest BCUT2D eigenvalue weighted by Gasteiger charge is 2.05. The lowest BCUT2D eigenvalue weighted by atomic mass is 10.0. The van der Waals surface area contributed by atoms with Crippen molar-refractivity contribution in [2.45, 2.75) is 0 Å². The highest BCUT2D eigenvalue weighted by atomic mass is 16.5. The van der Waals surface area contributed by atoms with E-state index in [4.69, 9.17) is 14.7 Å². The minimum absolute atomic E-state index is 0.0811. The second kappa shape index (κ2) is 8.54. The molecule has 5 heteroatoms. The molecule has 0 fully saturated rings. The number of anilines is 1. The third-order valence-corrected chi connectivity index (χ3v) is 3.95. The van der Waals surface area contributed by atoms with Crippen LogP contribution in [0.3, 0.4) is 0 Å². The van der Waals surface area contributed by atoms with Crippen molar-refractivity contribution in [2.24, 2.45) is 0 Å². The maximum atomic E-state index is 12.0. The van der Waals surface area contributed by atoms with Crippen LogP contribution in [-0.2, 0) is 4.79 Å². The summed E-state index contributed by atoms with van der Waals surface area (Å²) in [7, 11) is 1.59. The van der Waals surface area contributed by atoms with Crippen molar-refractivity contribution in [3.05, 3.63) is 78.4 Å². The summed E-state index contributed by atoms with van der Waals surface area (Å²) in [6, 6.07) is 24.0. The Morgan fingerprint density at radius 1 is 0.889 bits per heavy atom. The highest BCUT2D eigenvalue weighted by Crippen LogP contribution is 2.23. The topological polar surface area (TPSA) is 71.3 Å². The van der Waals surface area contributed by atoms with Gasteiger partial charge >= 0.3 is 0 Å². The van der Waals surface area contributed by atoms with Crippen molar-refractivity contribution in [1.29, 1.82) is 5.26 Å². The van der Waals surface area contributed by atoms with Gasteiger partial charge in [-0.1, -0.05) is 24.3 Å². The van der Waals surface area contributed by atoms with Crippen LogP contribution in [0.2, 0.25) is 0 Å². The summed E-state index contributed by atoms with van der Waals surface area (Å²) in [5, 5.41) is 11.6. The number of nitrogens with one attached hydrogen (secondary N) is 1. The van der Waals surface area contributed by atoms with E-state index in [-0.39, 0.29) is 12.5 Å². The molecule has 0 bridgehead atoms. The van der Waals surface area contributed by atoms with Crippen molar-refractivity contribution in [3.8, 4) is 28.7 Å². The van der Waals surface area contributed by atoms with Crippen LogP contribution in [0.4, 0.5) is 5.69 Å². The maximum Gasteiger partial charge on any atom is 0.262 e. The minimum atomic E-state index is -0.240. The number of amides is 1. The van der Waals surface area contributed by atoms with Crippen LogP contribution < -0.4 is 14.8 Å². The van der Waals surface area contributed by atoms with Crippen molar-refractivity contribution in [1.82, 2.24) is 0 Å². The van der Waals surface area contributed by atoms with Gasteiger partial charge in [-0.05, 0) is 59.7 Å². The summed E-state index contributed by atoms with van der Waals surface area (Å²) < 4.78 is 10.6. The van der Waals surface area contributed by atoms with E-state index in [1.807, 2.05) is 36.4 Å². The number of carbonyl (C=O) groups excluding carboxylic acids is 1. The Morgan fingerprint density at radius 3 is 2.00 bits per heavy atom. The van der Waals surface area contributed by atoms with Crippen LogP contribution in [0.15, 0.2) is 72.8 Å². The molecule has 3 aromatic carbocycles. The first kappa shape index (κ1) is 18.0. The van der Waals surface area contributed by atoms with Gasteiger partial charge in [-0.3, -0.25) is 4.79 Å². The van der Waals surface area contributed by atoms with E-state index in [9.17, 15) is 4.79 Å². The number of ether oxygens (including phenoxy) is 2. The van der Waals surface area contributed by atoms with Gasteiger partial charge in [0, 0.05) is 5.69 Å². The van der Waals surface area contributed by atoms with Gasteiger partial charge in [0.1, 0.15) is 11.5 Å². The number of hydrogen-bond acceptors (Lipinski definition) is 4. The number of methoxy groups -OCH3 is 1. The monoisotopic (exact) mass is 358 g/mol. The Hall–Kier alpha value is -3.78. The predicted molar refractivity (Wildman–Crippen MR) is 104 cm³/mol. The van der Waals surface area contributed by atoms with E-state index in [1.54, 1.807) is 43.5 Å². The summed E-state index contributed by atoms with van der Waals surface area (Å²) in [4.78, 5) is 12.0. The van der Waals surface area contributed by atoms with Crippen LogP contribution in [0.1, 0.15) is 5.56 Å². The number of benzene rings is 3. The van der Waals surface area contributed by atoms with Crippen molar-refractivity contribution < 1.29 is 14.3 Å². The first-order valence-electron chi connectivity index (χ1n) is 8.35. The summed E-state index contributed by atoms with van der Waals surface area (Å²) >= 11 is 0. The SMILES string of the molecule is COc1ccc(NC(=O)COc2ccc(-c3ccc(C#N)cc3)cc2)cc1. The fraction of sp³-hybridized carbons (Fsp3) is 0.0909. The number of nitriles is 1. The highest BCUT2D eigenvalue weighted by molar-refractivity contribution is 5.91. The third-order valence-electron chi connectivity index (χ3n) is 3.95. The minimum Gasteiger partial charge on any atom is -0.497 e. The molecule has 0 saturated carbocycles. The smallest absolute Gasteiger partial charge is 0.262 e. The van der Waals surface area contributed by atoms with Gasteiger partial charge in [-0.2, -0.15) is 5.26 Å². The van der Waals surface area contributed by atoms with Crippen molar-refractivity contribution in [3.63, 3.8) is 0 Å². The zero-order valence-electron chi connectivity index (χ0n) is 14.8. The lowest BCUT2D eigenvalue weighted by molar-refractivity contribution is -0.118. The van der Waals surface area contributed by atoms with E-state index in [0.717, 1.165) is 16.9 Å². The average Bonchev–Trinajstić information content (AvgIpc) is 2.73. The lowest BCUT2D eigenvalue weighted by Crippen LogP contribution is -2.20. The largest absolute Gasteiger partial charge is 0.497 e. The summed E-state index contributed by atoms with van der Waals surface area (Å²) in [5.41, 5.74) is 3.33. The molecule has 0 heterocycles. The fourth-order valence-electron chi connectivity index (χ4n) is 2.50. The molecule has 134 valence electrons. The van der Waals surface area contributed by atoms with Crippen molar-refractivity contribution >= 4 is 11.6 Å². The van der Waals surface area contributed by atoms with Gasteiger partial charge in [0.2, 0.25) is 0 Å². The van der Waals surface area contributed by atoms with Crippen molar-refractivity contribution in [2.75, 3.05) is 19.0 Å². The molecule has 3 rings (SSSR count). The molecule has 27 heavy (non-hydrogen) atoms. The number of rotatable bonds is 6. The number of hydrogen-bond donors (Lipinski definition) is 1. The Balaban J connectivity index is 1.54. The standard InChI is InChI=1S/C22H18N2O3/c1-26-20-12-8-19(9-13-20)24-22(25)15-27-21-10-6-18(7-11-21)17-4-2-16(14-23)3-5-17/h2-13H,15H2,1H3,(H,24,25). The first-order valence-corrected chi connectivity index (χ1v) is 8.35. The summed E-state index contributed by atoms with van der Waals surface area (Å²) in [6.45, 7) is -0.0811. The lowest BCUT2D eigenvalue weighted by Gasteiger charge is -2.09. The number of carbonyl (C=O) groups is 1. The Labute approximate surface area is 157 Å².